The zero-order valence-corrected chi connectivity index (χ0v) is 10.6. The lowest BCUT2D eigenvalue weighted by molar-refractivity contribution is 0.0979. The van der Waals surface area contributed by atoms with Gasteiger partial charge in [0.2, 0.25) is 0 Å². The van der Waals surface area contributed by atoms with Crippen molar-refractivity contribution >= 4 is 5.78 Å². The number of imidazole rings is 1. The number of carbonyl (C=O) groups is 1. The minimum atomic E-state index is 0.0786. The van der Waals surface area contributed by atoms with Gasteiger partial charge >= 0.3 is 0 Å². The van der Waals surface area contributed by atoms with Crippen molar-refractivity contribution in [2.24, 2.45) is 0 Å². The molecule has 0 saturated carbocycles. The molecule has 0 spiro atoms. The van der Waals surface area contributed by atoms with E-state index in [2.05, 4.69) is 9.97 Å². The van der Waals surface area contributed by atoms with Crippen LogP contribution < -0.4 is 4.74 Å². The number of Topliss-reactive ketones (excluding diaryl/α,β-unsaturated/α-hetero) is 1. The van der Waals surface area contributed by atoms with Crippen LogP contribution in [0.3, 0.4) is 0 Å². The number of hydrogen-bond acceptors (Lipinski definition) is 3. The first kappa shape index (κ1) is 12.4. The molecule has 0 radical (unpaired) electrons. The predicted octanol–water partition coefficient (Wildman–Crippen LogP) is 2.54. The van der Waals surface area contributed by atoms with E-state index in [1.54, 1.807) is 25.6 Å². The number of ether oxygens (including phenoxy) is 1. The maximum absolute atomic E-state index is 12.1. The van der Waals surface area contributed by atoms with Crippen LogP contribution in [0.25, 0.3) is 0 Å². The number of benzene rings is 1. The van der Waals surface area contributed by atoms with Crippen LogP contribution >= 0.6 is 0 Å². The van der Waals surface area contributed by atoms with Crippen molar-refractivity contribution in [2.75, 3.05) is 7.11 Å². The molecule has 2 rings (SSSR count). The summed E-state index contributed by atoms with van der Waals surface area (Å²) in [5.41, 5.74) is 2.59. The quantitative estimate of drug-likeness (QED) is 0.822. The number of rotatable bonds is 5. The van der Waals surface area contributed by atoms with E-state index in [0.717, 1.165) is 11.4 Å². The summed E-state index contributed by atoms with van der Waals surface area (Å²) in [4.78, 5) is 19.3. The number of aromatic nitrogens is 2. The van der Waals surface area contributed by atoms with E-state index in [-0.39, 0.29) is 5.78 Å². The van der Waals surface area contributed by atoms with Crippen molar-refractivity contribution in [1.82, 2.24) is 9.97 Å². The second-order valence-corrected chi connectivity index (χ2v) is 4.10. The smallest absolute Gasteiger partial charge is 0.166 e. The molecule has 0 aliphatic heterocycles. The molecular weight excluding hydrogens is 228 g/mol. The maximum Gasteiger partial charge on any atom is 0.166 e. The number of para-hydroxylation sites is 1. The van der Waals surface area contributed by atoms with Gasteiger partial charge in [-0.15, -0.1) is 0 Å². The first-order valence-corrected chi connectivity index (χ1v) is 5.87. The Morgan fingerprint density at radius 2 is 2.17 bits per heavy atom. The topological polar surface area (TPSA) is 55.0 Å². The Kier molecular flexibility index (Phi) is 3.77. The number of nitrogens with zero attached hydrogens (tertiary/aromatic N) is 1. The van der Waals surface area contributed by atoms with Gasteiger partial charge in [-0.05, 0) is 25.5 Å². The molecule has 4 heteroatoms. The summed E-state index contributed by atoms with van der Waals surface area (Å²) < 4.78 is 5.18. The SMILES string of the molecule is COc1ccccc1C(=O)CCc1nc[nH]c1C. The van der Waals surface area contributed by atoms with Gasteiger partial charge in [-0.3, -0.25) is 4.79 Å². The lowest BCUT2D eigenvalue weighted by atomic mass is 10.0. The zero-order chi connectivity index (χ0) is 13.0. The third kappa shape index (κ3) is 2.59. The molecule has 1 aromatic heterocycles. The van der Waals surface area contributed by atoms with Crippen molar-refractivity contribution in [1.29, 1.82) is 0 Å². The number of aromatic amines is 1. The summed E-state index contributed by atoms with van der Waals surface area (Å²) in [6, 6.07) is 7.29. The molecule has 18 heavy (non-hydrogen) atoms. The molecule has 1 N–H and O–H groups in total. The molecule has 0 unspecified atom stereocenters. The standard InChI is InChI=1S/C14H16N2O2/c1-10-12(16-9-15-10)7-8-13(17)11-5-3-4-6-14(11)18-2/h3-6,9H,7-8H2,1-2H3,(H,15,16). The molecule has 0 aliphatic rings. The highest BCUT2D eigenvalue weighted by molar-refractivity contribution is 5.98. The van der Waals surface area contributed by atoms with E-state index in [0.29, 0.717) is 24.2 Å². The fourth-order valence-electron chi connectivity index (χ4n) is 1.88. The molecule has 94 valence electrons. The summed E-state index contributed by atoms with van der Waals surface area (Å²) in [7, 11) is 1.57. The largest absolute Gasteiger partial charge is 0.496 e. The molecule has 0 saturated heterocycles. The van der Waals surface area contributed by atoms with Gasteiger partial charge in [0.1, 0.15) is 5.75 Å². The Labute approximate surface area is 106 Å². The van der Waals surface area contributed by atoms with E-state index in [1.807, 2.05) is 19.1 Å². The van der Waals surface area contributed by atoms with Gasteiger partial charge in [-0.25, -0.2) is 4.98 Å². The van der Waals surface area contributed by atoms with Crippen molar-refractivity contribution in [3.05, 3.63) is 47.5 Å². The highest BCUT2D eigenvalue weighted by Gasteiger charge is 2.12. The zero-order valence-electron chi connectivity index (χ0n) is 10.6. The van der Waals surface area contributed by atoms with Crippen LogP contribution in [0.2, 0.25) is 0 Å². The van der Waals surface area contributed by atoms with Crippen LogP contribution in [0, 0.1) is 6.92 Å². The molecular formula is C14H16N2O2. The Bertz CT molecular complexity index is 546. The monoisotopic (exact) mass is 244 g/mol. The summed E-state index contributed by atoms with van der Waals surface area (Å²) in [5, 5.41) is 0. The first-order valence-electron chi connectivity index (χ1n) is 5.87. The minimum Gasteiger partial charge on any atom is -0.496 e. The Hall–Kier alpha value is -2.10. The number of carbonyl (C=O) groups excluding carboxylic acids is 1. The maximum atomic E-state index is 12.1. The average Bonchev–Trinajstić information content (AvgIpc) is 2.81. The second-order valence-electron chi connectivity index (χ2n) is 4.10. The number of ketones is 1. The van der Waals surface area contributed by atoms with Gasteiger partial charge < -0.3 is 9.72 Å². The van der Waals surface area contributed by atoms with Gasteiger partial charge in [-0.2, -0.15) is 0 Å². The number of aryl methyl sites for hydroxylation is 2. The van der Waals surface area contributed by atoms with Gasteiger partial charge in [0, 0.05) is 12.1 Å². The number of nitrogens with one attached hydrogen (secondary N) is 1. The van der Waals surface area contributed by atoms with Crippen molar-refractivity contribution in [3.8, 4) is 5.75 Å². The number of methoxy groups -OCH3 is 1. The van der Waals surface area contributed by atoms with E-state index in [4.69, 9.17) is 4.74 Å². The Balaban J connectivity index is 2.06. The van der Waals surface area contributed by atoms with E-state index < -0.39 is 0 Å². The molecule has 4 nitrogen and oxygen atoms in total. The summed E-state index contributed by atoms with van der Waals surface area (Å²) >= 11 is 0. The summed E-state index contributed by atoms with van der Waals surface area (Å²) in [5.74, 6) is 0.705. The Morgan fingerprint density at radius 1 is 1.39 bits per heavy atom. The summed E-state index contributed by atoms with van der Waals surface area (Å²) in [6.45, 7) is 1.95. The van der Waals surface area contributed by atoms with Crippen LogP contribution in [0.15, 0.2) is 30.6 Å². The molecule has 0 atom stereocenters. The molecule has 2 aromatic rings. The van der Waals surface area contributed by atoms with Crippen molar-refractivity contribution < 1.29 is 9.53 Å². The van der Waals surface area contributed by atoms with E-state index in [9.17, 15) is 4.79 Å². The number of H-pyrrole nitrogens is 1. The van der Waals surface area contributed by atoms with Crippen molar-refractivity contribution in [2.45, 2.75) is 19.8 Å². The predicted molar refractivity (Wildman–Crippen MR) is 69.0 cm³/mol. The summed E-state index contributed by atoms with van der Waals surface area (Å²) in [6.07, 6.45) is 2.73. The van der Waals surface area contributed by atoms with E-state index in [1.165, 1.54) is 0 Å². The molecule has 1 aromatic carbocycles. The van der Waals surface area contributed by atoms with Gasteiger partial charge in [0.05, 0.1) is 24.7 Å². The van der Waals surface area contributed by atoms with Crippen LogP contribution in [0.1, 0.15) is 28.2 Å². The fourth-order valence-corrected chi connectivity index (χ4v) is 1.88. The highest BCUT2D eigenvalue weighted by Crippen LogP contribution is 2.19. The number of hydrogen-bond donors (Lipinski definition) is 1. The normalized spacial score (nSPS) is 10.3. The minimum absolute atomic E-state index is 0.0786. The molecule has 0 amide bonds. The first-order chi connectivity index (χ1) is 8.72. The molecule has 0 aliphatic carbocycles. The second kappa shape index (κ2) is 5.49. The molecule has 0 fully saturated rings. The third-order valence-electron chi connectivity index (χ3n) is 2.93. The molecule has 1 heterocycles. The lowest BCUT2D eigenvalue weighted by Crippen LogP contribution is -2.04. The van der Waals surface area contributed by atoms with E-state index >= 15 is 0 Å². The van der Waals surface area contributed by atoms with Crippen LogP contribution in [-0.2, 0) is 6.42 Å². The van der Waals surface area contributed by atoms with Gasteiger partial charge in [0.25, 0.3) is 0 Å². The van der Waals surface area contributed by atoms with Crippen LogP contribution in [-0.4, -0.2) is 22.9 Å². The van der Waals surface area contributed by atoms with Crippen LogP contribution in [0.5, 0.6) is 5.75 Å². The Morgan fingerprint density at radius 3 is 2.83 bits per heavy atom. The van der Waals surface area contributed by atoms with Gasteiger partial charge in [0.15, 0.2) is 5.78 Å². The average molecular weight is 244 g/mol. The molecule has 0 bridgehead atoms. The van der Waals surface area contributed by atoms with Gasteiger partial charge in [-0.1, -0.05) is 12.1 Å². The highest BCUT2D eigenvalue weighted by atomic mass is 16.5. The van der Waals surface area contributed by atoms with Crippen molar-refractivity contribution in [3.63, 3.8) is 0 Å². The van der Waals surface area contributed by atoms with Crippen LogP contribution in [0.4, 0.5) is 0 Å². The fraction of sp³-hybridized carbons (Fsp3) is 0.286. The lowest BCUT2D eigenvalue weighted by Gasteiger charge is -2.06. The third-order valence-corrected chi connectivity index (χ3v) is 2.93.